The number of hydrogen-bond acceptors (Lipinski definition) is 6. The number of nitrogens with one attached hydrogen (secondary N) is 1. The molecule has 0 unspecified atom stereocenters. The van der Waals surface area contributed by atoms with E-state index in [-0.39, 0.29) is 0 Å². The van der Waals surface area contributed by atoms with Crippen molar-refractivity contribution < 1.29 is 23.7 Å². The first kappa shape index (κ1) is 21.0. The quantitative estimate of drug-likeness (QED) is 0.406. The van der Waals surface area contributed by atoms with Gasteiger partial charge in [0.05, 0.1) is 19.7 Å². The number of rotatable bonds is 6. The molecule has 1 aromatic heterocycles. The van der Waals surface area contributed by atoms with Crippen molar-refractivity contribution in [3.05, 3.63) is 78.5 Å². The lowest BCUT2D eigenvalue weighted by molar-refractivity contribution is 0.215. The minimum Gasteiger partial charge on any atom is -0.493 e. The van der Waals surface area contributed by atoms with Gasteiger partial charge in [-0.25, -0.2) is 4.79 Å². The molecule has 0 fully saturated rings. The van der Waals surface area contributed by atoms with E-state index >= 15 is 0 Å². The molecule has 0 radical (unpaired) electrons. The van der Waals surface area contributed by atoms with Gasteiger partial charge >= 0.3 is 6.09 Å². The summed E-state index contributed by atoms with van der Waals surface area (Å²) in [4.78, 5) is 16.6. The number of aromatic nitrogens is 1. The fraction of sp³-hybridized carbons (Fsp3) is 0.120. The molecule has 0 aliphatic rings. The Labute approximate surface area is 185 Å². The molecule has 3 aromatic carbocycles. The number of ether oxygens (including phenoxy) is 4. The van der Waals surface area contributed by atoms with E-state index in [0.717, 1.165) is 16.5 Å². The predicted molar refractivity (Wildman–Crippen MR) is 122 cm³/mol. The summed E-state index contributed by atoms with van der Waals surface area (Å²) in [6.07, 6.45) is 1.11. The monoisotopic (exact) mass is 430 g/mol. The maximum Gasteiger partial charge on any atom is 0.417 e. The molecule has 32 heavy (non-hydrogen) atoms. The second-order valence-corrected chi connectivity index (χ2v) is 6.94. The molecule has 4 rings (SSSR count). The van der Waals surface area contributed by atoms with Gasteiger partial charge in [-0.05, 0) is 55.0 Å². The van der Waals surface area contributed by atoms with Crippen LogP contribution < -0.4 is 24.3 Å². The normalized spacial score (nSPS) is 10.5. The number of carbonyl (C=O) groups is 1. The Morgan fingerprint density at radius 3 is 2.28 bits per heavy atom. The van der Waals surface area contributed by atoms with Gasteiger partial charge in [-0.3, -0.25) is 10.3 Å². The third-order valence-corrected chi connectivity index (χ3v) is 4.83. The maximum atomic E-state index is 12.2. The average molecular weight is 430 g/mol. The van der Waals surface area contributed by atoms with Crippen molar-refractivity contribution in [2.45, 2.75) is 6.92 Å². The Bertz CT molecular complexity index is 1260. The molecule has 4 aromatic rings. The number of para-hydroxylation sites is 1. The van der Waals surface area contributed by atoms with Gasteiger partial charge in [0, 0.05) is 23.3 Å². The highest BCUT2D eigenvalue weighted by Crippen LogP contribution is 2.37. The summed E-state index contributed by atoms with van der Waals surface area (Å²) in [5.41, 5.74) is 2.18. The molecule has 0 saturated carbocycles. The smallest absolute Gasteiger partial charge is 0.417 e. The van der Waals surface area contributed by atoms with Crippen molar-refractivity contribution >= 4 is 22.7 Å². The molecule has 0 aliphatic carbocycles. The summed E-state index contributed by atoms with van der Waals surface area (Å²) in [5.74, 6) is 2.92. The van der Waals surface area contributed by atoms with Crippen molar-refractivity contribution in [1.29, 1.82) is 0 Å². The summed E-state index contributed by atoms with van der Waals surface area (Å²) in [5, 5.41) is 3.50. The summed E-state index contributed by atoms with van der Waals surface area (Å²) >= 11 is 0. The fourth-order valence-electron chi connectivity index (χ4n) is 3.18. The first-order valence-electron chi connectivity index (χ1n) is 9.90. The first-order valence-corrected chi connectivity index (χ1v) is 9.90. The molecule has 1 amide bonds. The average Bonchev–Trinajstić information content (AvgIpc) is 2.81. The highest BCUT2D eigenvalue weighted by atomic mass is 16.6. The number of fused-ring (bicyclic) bond motifs is 1. The van der Waals surface area contributed by atoms with Crippen molar-refractivity contribution in [1.82, 2.24) is 4.98 Å². The van der Waals surface area contributed by atoms with Crippen LogP contribution in [0.4, 0.5) is 10.5 Å². The van der Waals surface area contributed by atoms with E-state index in [9.17, 15) is 4.79 Å². The number of methoxy groups -OCH3 is 2. The minimum atomic E-state index is -0.561. The summed E-state index contributed by atoms with van der Waals surface area (Å²) in [6.45, 7) is 1.88. The number of anilines is 1. The highest BCUT2D eigenvalue weighted by molar-refractivity contribution is 5.88. The van der Waals surface area contributed by atoms with Crippen LogP contribution in [0, 0.1) is 6.92 Å². The van der Waals surface area contributed by atoms with E-state index < -0.39 is 6.09 Å². The molecule has 0 atom stereocenters. The van der Waals surface area contributed by atoms with Gasteiger partial charge < -0.3 is 18.9 Å². The molecule has 1 N–H and O–H groups in total. The van der Waals surface area contributed by atoms with Crippen LogP contribution >= 0.6 is 0 Å². The fourth-order valence-corrected chi connectivity index (χ4v) is 3.18. The molecule has 7 heteroatoms. The lowest BCUT2D eigenvalue weighted by Crippen LogP contribution is -2.17. The molecule has 1 heterocycles. The van der Waals surface area contributed by atoms with Gasteiger partial charge in [0.25, 0.3) is 0 Å². The zero-order chi connectivity index (χ0) is 22.5. The van der Waals surface area contributed by atoms with E-state index in [1.807, 2.05) is 31.2 Å². The number of pyridine rings is 1. The summed E-state index contributed by atoms with van der Waals surface area (Å²) in [7, 11) is 3.16. The van der Waals surface area contributed by atoms with Gasteiger partial charge in [0.15, 0.2) is 11.5 Å². The van der Waals surface area contributed by atoms with E-state index in [1.54, 1.807) is 62.9 Å². The van der Waals surface area contributed by atoms with Crippen LogP contribution in [0.3, 0.4) is 0 Å². The molecule has 162 valence electrons. The Hall–Kier alpha value is -4.26. The molecular weight excluding hydrogens is 408 g/mol. The number of aryl methyl sites for hydroxylation is 1. The second-order valence-electron chi connectivity index (χ2n) is 6.94. The van der Waals surface area contributed by atoms with Gasteiger partial charge in [-0.15, -0.1) is 0 Å². The van der Waals surface area contributed by atoms with Crippen molar-refractivity contribution in [2.75, 3.05) is 19.5 Å². The predicted octanol–water partition coefficient (Wildman–Crippen LogP) is 5.96. The maximum absolute atomic E-state index is 12.2. The zero-order valence-electron chi connectivity index (χ0n) is 17.9. The third kappa shape index (κ3) is 4.57. The Morgan fingerprint density at radius 1 is 0.844 bits per heavy atom. The molecular formula is C25H22N2O5. The van der Waals surface area contributed by atoms with E-state index in [1.165, 1.54) is 0 Å². The van der Waals surface area contributed by atoms with Crippen molar-refractivity contribution in [2.24, 2.45) is 0 Å². The number of hydrogen-bond donors (Lipinski definition) is 1. The Kier molecular flexibility index (Phi) is 6.07. The van der Waals surface area contributed by atoms with E-state index in [0.29, 0.717) is 34.4 Å². The summed E-state index contributed by atoms with van der Waals surface area (Å²) in [6, 6.07) is 19.7. The van der Waals surface area contributed by atoms with Crippen molar-refractivity contribution in [3.63, 3.8) is 0 Å². The number of carbonyl (C=O) groups excluding carboxylic acids is 1. The van der Waals surface area contributed by atoms with Crippen LogP contribution in [0.1, 0.15) is 5.56 Å². The van der Waals surface area contributed by atoms with Crippen LogP contribution in [0.15, 0.2) is 72.9 Å². The number of benzene rings is 3. The van der Waals surface area contributed by atoms with Crippen LogP contribution in [0.25, 0.3) is 10.9 Å². The minimum absolute atomic E-state index is 0.515. The lowest BCUT2D eigenvalue weighted by Gasteiger charge is -2.13. The molecule has 0 aliphatic heterocycles. The van der Waals surface area contributed by atoms with E-state index in [4.69, 9.17) is 18.9 Å². The topological polar surface area (TPSA) is 78.9 Å². The van der Waals surface area contributed by atoms with Crippen LogP contribution in [0.2, 0.25) is 0 Å². The lowest BCUT2D eigenvalue weighted by atomic mass is 10.2. The standard InChI is InChI=1S/C25H22N2O5/c1-16-6-4-5-7-21(16)32-25(28)27-17-8-10-18(11-9-17)31-22-12-13-26-20-15-24(30-3)23(29-2)14-19(20)22/h4-15H,1-3H3,(H,27,28). The largest absolute Gasteiger partial charge is 0.493 e. The first-order chi connectivity index (χ1) is 15.6. The third-order valence-electron chi connectivity index (χ3n) is 4.83. The number of amides is 1. The highest BCUT2D eigenvalue weighted by Gasteiger charge is 2.12. The van der Waals surface area contributed by atoms with Gasteiger partial charge in [0.2, 0.25) is 0 Å². The van der Waals surface area contributed by atoms with E-state index in [2.05, 4.69) is 10.3 Å². The Balaban J connectivity index is 1.48. The van der Waals surface area contributed by atoms with Gasteiger partial charge in [0.1, 0.15) is 17.2 Å². The molecule has 0 saturated heterocycles. The molecule has 7 nitrogen and oxygen atoms in total. The SMILES string of the molecule is COc1cc2nccc(Oc3ccc(NC(=O)Oc4ccccc4C)cc3)c2cc1OC. The molecule has 0 spiro atoms. The van der Waals surface area contributed by atoms with Gasteiger partial charge in [-0.2, -0.15) is 0 Å². The zero-order valence-corrected chi connectivity index (χ0v) is 17.9. The van der Waals surface area contributed by atoms with Crippen LogP contribution in [-0.4, -0.2) is 25.3 Å². The van der Waals surface area contributed by atoms with Crippen molar-refractivity contribution in [3.8, 4) is 28.7 Å². The summed E-state index contributed by atoms with van der Waals surface area (Å²) < 4.78 is 22.1. The molecule has 0 bridgehead atoms. The second kappa shape index (κ2) is 9.26. The number of nitrogens with zero attached hydrogens (tertiary/aromatic N) is 1. The van der Waals surface area contributed by atoms with Crippen LogP contribution in [0.5, 0.6) is 28.7 Å². The van der Waals surface area contributed by atoms with Gasteiger partial charge in [-0.1, -0.05) is 18.2 Å². The Morgan fingerprint density at radius 2 is 1.56 bits per heavy atom. The van der Waals surface area contributed by atoms with Crippen LogP contribution in [-0.2, 0) is 0 Å².